The monoisotopic (exact) mass is 416 g/mol. The van der Waals surface area contributed by atoms with Gasteiger partial charge in [-0.3, -0.25) is 9.59 Å². The van der Waals surface area contributed by atoms with Crippen LogP contribution in [0.1, 0.15) is 23.1 Å². The lowest BCUT2D eigenvalue weighted by Crippen LogP contribution is -2.41. The lowest BCUT2D eigenvalue weighted by atomic mass is 9.71. The molecule has 31 heavy (non-hydrogen) atoms. The molecule has 6 nitrogen and oxygen atoms in total. The van der Waals surface area contributed by atoms with Crippen LogP contribution in [0, 0.1) is 43.4 Å². The number of hydrogen-bond donors (Lipinski definition) is 0. The predicted molar refractivity (Wildman–Crippen MR) is 115 cm³/mol. The summed E-state index contributed by atoms with van der Waals surface area (Å²) in [5.74, 6) is 0.229. The van der Waals surface area contributed by atoms with Crippen molar-refractivity contribution in [2.75, 3.05) is 12.0 Å². The molecular formula is C25H24N2O4. The number of oxime groups is 1. The Kier molecular flexibility index (Phi) is 3.86. The number of carbonyl (C=O) groups excluding carboxylic acids is 2. The van der Waals surface area contributed by atoms with Crippen molar-refractivity contribution in [1.82, 2.24) is 0 Å². The molecule has 0 radical (unpaired) electrons. The van der Waals surface area contributed by atoms with Gasteiger partial charge in [0.2, 0.25) is 11.8 Å². The van der Waals surface area contributed by atoms with Gasteiger partial charge in [0.25, 0.3) is 0 Å². The quantitative estimate of drug-likeness (QED) is 0.719. The average Bonchev–Trinajstić information content (AvgIpc) is 3.50. The molecule has 2 aromatic carbocycles. The molecule has 4 aliphatic rings. The Balaban J connectivity index is 1.36. The summed E-state index contributed by atoms with van der Waals surface area (Å²) in [6, 6.07) is 13.7. The van der Waals surface area contributed by atoms with Crippen LogP contribution >= 0.6 is 0 Å². The number of nitrogens with zero attached hydrogens (tertiary/aromatic N) is 2. The summed E-state index contributed by atoms with van der Waals surface area (Å²) in [6.45, 7) is 3.91. The van der Waals surface area contributed by atoms with Gasteiger partial charge in [0.1, 0.15) is 11.9 Å². The zero-order chi connectivity index (χ0) is 21.4. The normalized spacial score (nSPS) is 32.7. The fourth-order valence-electron chi connectivity index (χ4n) is 6.51. The molecule has 2 aliphatic carbocycles. The number of ether oxygens (including phenoxy) is 1. The first-order chi connectivity index (χ1) is 15.0. The summed E-state index contributed by atoms with van der Waals surface area (Å²) in [5, 5.41) is 4.41. The van der Waals surface area contributed by atoms with E-state index in [2.05, 4.69) is 5.16 Å². The standard InChI is InChI=1S/C25H24N2O4/c1-12-5-4-6-13(2)22(12)27-24(28)18-16-11-17(19(18)25(27)29)23-20(16)21(26-31-23)14-7-9-15(30-3)10-8-14/h4-10,16-20,23H,11H2,1-3H3. The zero-order valence-corrected chi connectivity index (χ0v) is 17.7. The molecule has 0 aromatic heterocycles. The number of para-hydroxylation sites is 1. The Morgan fingerprint density at radius 3 is 2.23 bits per heavy atom. The van der Waals surface area contributed by atoms with Gasteiger partial charge < -0.3 is 9.57 Å². The van der Waals surface area contributed by atoms with E-state index in [9.17, 15) is 9.59 Å². The molecule has 2 heterocycles. The van der Waals surface area contributed by atoms with E-state index in [1.165, 1.54) is 4.90 Å². The maximum absolute atomic E-state index is 13.6. The lowest BCUT2D eigenvalue weighted by Gasteiger charge is -2.29. The summed E-state index contributed by atoms with van der Waals surface area (Å²) in [6.07, 6.45) is 0.718. The second-order valence-corrected chi connectivity index (χ2v) is 9.17. The van der Waals surface area contributed by atoms with E-state index in [4.69, 9.17) is 9.57 Å². The number of carbonyl (C=O) groups is 2. The first-order valence-corrected chi connectivity index (χ1v) is 10.8. The maximum Gasteiger partial charge on any atom is 0.238 e. The highest BCUT2D eigenvalue weighted by Gasteiger charge is 2.70. The van der Waals surface area contributed by atoms with Crippen molar-refractivity contribution < 1.29 is 19.2 Å². The number of methoxy groups -OCH3 is 1. The van der Waals surface area contributed by atoms with Crippen LogP contribution in [-0.2, 0) is 14.4 Å². The molecule has 6 atom stereocenters. The van der Waals surface area contributed by atoms with E-state index in [0.29, 0.717) is 0 Å². The van der Waals surface area contributed by atoms with E-state index in [1.807, 2.05) is 56.3 Å². The van der Waals surface area contributed by atoms with Crippen molar-refractivity contribution in [2.24, 2.45) is 34.7 Å². The topological polar surface area (TPSA) is 68.2 Å². The molecule has 6 heteroatoms. The number of benzene rings is 2. The Hall–Kier alpha value is -3.15. The highest BCUT2D eigenvalue weighted by atomic mass is 16.6. The Bertz CT molecular complexity index is 1120. The second kappa shape index (κ2) is 6.42. The van der Waals surface area contributed by atoms with Crippen molar-refractivity contribution in [3.63, 3.8) is 0 Å². The summed E-state index contributed by atoms with van der Waals surface area (Å²) < 4.78 is 5.26. The van der Waals surface area contributed by atoms with Gasteiger partial charge in [-0.2, -0.15) is 0 Å². The summed E-state index contributed by atoms with van der Waals surface area (Å²) in [5.41, 5.74) is 4.53. The van der Waals surface area contributed by atoms with Crippen LogP contribution in [0.15, 0.2) is 47.6 Å². The van der Waals surface area contributed by atoms with Crippen molar-refractivity contribution in [3.8, 4) is 5.75 Å². The molecule has 0 N–H and O–H groups in total. The second-order valence-electron chi connectivity index (χ2n) is 9.17. The van der Waals surface area contributed by atoms with Gasteiger partial charge >= 0.3 is 0 Å². The van der Waals surface area contributed by atoms with Crippen molar-refractivity contribution >= 4 is 23.2 Å². The molecule has 2 amide bonds. The van der Waals surface area contributed by atoms with E-state index in [0.717, 1.165) is 40.3 Å². The Morgan fingerprint density at radius 2 is 1.58 bits per heavy atom. The number of anilines is 1. The minimum Gasteiger partial charge on any atom is -0.497 e. The molecule has 2 bridgehead atoms. The summed E-state index contributed by atoms with van der Waals surface area (Å²) in [4.78, 5) is 34.5. The third-order valence-electron chi connectivity index (χ3n) is 7.74. The van der Waals surface area contributed by atoms with Crippen LogP contribution in [-0.4, -0.2) is 30.7 Å². The average molecular weight is 416 g/mol. The molecule has 2 aliphatic heterocycles. The van der Waals surface area contributed by atoms with E-state index < -0.39 is 0 Å². The smallest absolute Gasteiger partial charge is 0.238 e. The molecule has 0 spiro atoms. The number of aryl methyl sites for hydroxylation is 2. The molecule has 1 saturated heterocycles. The van der Waals surface area contributed by atoms with Crippen LogP contribution in [0.3, 0.4) is 0 Å². The van der Waals surface area contributed by atoms with Crippen LogP contribution in [0.5, 0.6) is 5.75 Å². The fourth-order valence-corrected chi connectivity index (χ4v) is 6.51. The van der Waals surface area contributed by atoms with Gasteiger partial charge in [-0.25, -0.2) is 4.90 Å². The number of fused-ring (bicyclic) bond motifs is 8. The molecule has 158 valence electrons. The van der Waals surface area contributed by atoms with E-state index >= 15 is 0 Å². The zero-order valence-electron chi connectivity index (χ0n) is 17.7. The first kappa shape index (κ1) is 18.6. The third-order valence-corrected chi connectivity index (χ3v) is 7.74. The van der Waals surface area contributed by atoms with E-state index in [1.54, 1.807) is 7.11 Å². The van der Waals surface area contributed by atoms with Gasteiger partial charge in [-0.15, -0.1) is 0 Å². The third kappa shape index (κ3) is 2.36. The van der Waals surface area contributed by atoms with Gasteiger partial charge in [-0.05, 0) is 61.6 Å². The molecular weight excluding hydrogens is 392 g/mol. The first-order valence-electron chi connectivity index (χ1n) is 10.8. The molecule has 3 fully saturated rings. The van der Waals surface area contributed by atoms with Crippen LogP contribution in [0.2, 0.25) is 0 Å². The summed E-state index contributed by atoms with van der Waals surface area (Å²) in [7, 11) is 1.64. The van der Waals surface area contributed by atoms with Crippen LogP contribution in [0.25, 0.3) is 0 Å². The van der Waals surface area contributed by atoms with Gasteiger partial charge in [-0.1, -0.05) is 23.4 Å². The minimum atomic E-state index is -0.303. The molecule has 6 unspecified atom stereocenters. The van der Waals surface area contributed by atoms with Crippen LogP contribution in [0.4, 0.5) is 5.69 Å². The largest absolute Gasteiger partial charge is 0.497 e. The van der Waals surface area contributed by atoms with Gasteiger partial charge in [0.05, 0.1) is 30.3 Å². The number of imide groups is 1. The van der Waals surface area contributed by atoms with Crippen LogP contribution < -0.4 is 9.64 Å². The highest BCUT2D eigenvalue weighted by molar-refractivity contribution is 6.23. The Labute approximate surface area is 180 Å². The fraction of sp³-hybridized carbons (Fsp3) is 0.400. The Morgan fingerprint density at radius 1 is 0.935 bits per heavy atom. The lowest BCUT2D eigenvalue weighted by molar-refractivity contribution is -0.125. The van der Waals surface area contributed by atoms with Gasteiger partial charge in [0, 0.05) is 17.4 Å². The molecule has 2 aromatic rings. The molecule has 2 saturated carbocycles. The van der Waals surface area contributed by atoms with Crippen molar-refractivity contribution in [3.05, 3.63) is 59.2 Å². The van der Waals surface area contributed by atoms with Gasteiger partial charge in [0.15, 0.2) is 0 Å². The minimum absolute atomic E-state index is 0.0327. The number of rotatable bonds is 3. The SMILES string of the molecule is COc1ccc(C2=NOC3C4CC(C23)C2C(=O)N(c3c(C)cccc3C)C(=O)C42)cc1. The molecule has 6 rings (SSSR count). The highest BCUT2D eigenvalue weighted by Crippen LogP contribution is 2.62. The maximum atomic E-state index is 13.6. The van der Waals surface area contributed by atoms with Crippen molar-refractivity contribution in [2.45, 2.75) is 26.4 Å². The number of amides is 2. The summed E-state index contributed by atoms with van der Waals surface area (Å²) >= 11 is 0. The van der Waals surface area contributed by atoms with E-state index in [-0.39, 0.29) is 47.5 Å². The number of hydrogen-bond acceptors (Lipinski definition) is 5. The van der Waals surface area contributed by atoms with Crippen molar-refractivity contribution in [1.29, 1.82) is 0 Å². The predicted octanol–water partition coefficient (Wildman–Crippen LogP) is 3.49.